The van der Waals surface area contributed by atoms with Gasteiger partial charge in [-0.3, -0.25) is 9.59 Å². The van der Waals surface area contributed by atoms with Gasteiger partial charge in [0.25, 0.3) is 0 Å². The van der Waals surface area contributed by atoms with Crippen molar-refractivity contribution in [2.24, 2.45) is 0 Å². The van der Waals surface area contributed by atoms with E-state index < -0.39 is 0 Å². The first-order valence-corrected chi connectivity index (χ1v) is 11.2. The van der Waals surface area contributed by atoms with E-state index in [1.807, 2.05) is 59.5 Å². The first-order valence-electron chi connectivity index (χ1n) is 11.2. The highest BCUT2D eigenvalue weighted by molar-refractivity contribution is 5.91. The molecule has 1 aliphatic rings. The van der Waals surface area contributed by atoms with E-state index in [0.29, 0.717) is 19.5 Å². The zero-order valence-corrected chi connectivity index (χ0v) is 18.1. The summed E-state index contributed by atoms with van der Waals surface area (Å²) < 4.78 is 0. The normalized spacial score (nSPS) is 19.8. The van der Waals surface area contributed by atoms with Crippen LogP contribution in [0.2, 0.25) is 0 Å². The molecule has 0 aromatic heterocycles. The van der Waals surface area contributed by atoms with Gasteiger partial charge in [-0.25, -0.2) is 0 Å². The molecule has 1 aliphatic heterocycles. The van der Waals surface area contributed by atoms with Crippen molar-refractivity contribution < 1.29 is 9.59 Å². The van der Waals surface area contributed by atoms with E-state index >= 15 is 0 Å². The van der Waals surface area contributed by atoms with E-state index in [0.717, 1.165) is 50.0 Å². The van der Waals surface area contributed by atoms with Crippen molar-refractivity contribution in [1.82, 2.24) is 15.5 Å². The summed E-state index contributed by atoms with van der Waals surface area (Å²) >= 11 is 0. The molecule has 1 heterocycles. The monoisotopic (exact) mass is 419 g/mol. The van der Waals surface area contributed by atoms with Crippen molar-refractivity contribution in [3.63, 3.8) is 0 Å². The highest BCUT2D eigenvalue weighted by Crippen LogP contribution is 2.17. The Balaban J connectivity index is 1.58. The number of hydrogen-bond acceptors (Lipinski definition) is 4. The van der Waals surface area contributed by atoms with Crippen molar-refractivity contribution in [2.45, 2.75) is 31.7 Å². The third-order valence-corrected chi connectivity index (χ3v) is 5.51. The third-order valence-electron chi connectivity index (χ3n) is 5.51. The molecule has 1 fully saturated rings. The van der Waals surface area contributed by atoms with Crippen LogP contribution in [0.3, 0.4) is 0 Å². The predicted octanol–water partition coefficient (Wildman–Crippen LogP) is 3.59. The smallest absolute Gasteiger partial charge is 0.246 e. The maximum Gasteiger partial charge on any atom is 0.246 e. The van der Waals surface area contributed by atoms with Gasteiger partial charge in [0.2, 0.25) is 5.91 Å². The Kier molecular flexibility index (Phi) is 9.48. The SMILES string of the molecule is O=C1CNCCCN(C(=O)/C=C\c2ccccc2)CCCCN[C@H](c2ccccc2)C1. The van der Waals surface area contributed by atoms with Gasteiger partial charge < -0.3 is 15.5 Å². The van der Waals surface area contributed by atoms with Crippen molar-refractivity contribution in [3.8, 4) is 0 Å². The lowest BCUT2D eigenvalue weighted by molar-refractivity contribution is -0.126. The number of rotatable bonds is 3. The van der Waals surface area contributed by atoms with Crippen molar-refractivity contribution in [1.29, 1.82) is 0 Å². The minimum Gasteiger partial charge on any atom is -0.339 e. The van der Waals surface area contributed by atoms with Gasteiger partial charge >= 0.3 is 0 Å². The Morgan fingerprint density at radius 2 is 1.61 bits per heavy atom. The zero-order chi connectivity index (χ0) is 21.7. The predicted molar refractivity (Wildman–Crippen MR) is 126 cm³/mol. The molecule has 5 nitrogen and oxygen atoms in total. The second-order valence-electron chi connectivity index (χ2n) is 7.97. The highest BCUT2D eigenvalue weighted by Gasteiger charge is 2.16. The molecule has 0 saturated carbocycles. The molecule has 0 unspecified atom stereocenters. The number of Topliss-reactive ketones (excluding diaryl/α,β-unsaturated/α-hetero) is 1. The number of carbonyl (C=O) groups excluding carboxylic acids is 2. The molecule has 0 aliphatic carbocycles. The average molecular weight is 420 g/mol. The maximum absolute atomic E-state index is 12.7. The summed E-state index contributed by atoms with van der Waals surface area (Å²) in [6.07, 6.45) is 6.75. The number of benzene rings is 2. The highest BCUT2D eigenvalue weighted by atomic mass is 16.2. The molecule has 1 amide bonds. The van der Waals surface area contributed by atoms with E-state index in [4.69, 9.17) is 0 Å². The molecule has 31 heavy (non-hydrogen) atoms. The minimum absolute atomic E-state index is 0.0324. The summed E-state index contributed by atoms with van der Waals surface area (Å²) in [4.78, 5) is 27.1. The Labute approximate surface area is 185 Å². The average Bonchev–Trinajstić information content (AvgIpc) is 2.81. The fraction of sp³-hybridized carbons (Fsp3) is 0.385. The lowest BCUT2D eigenvalue weighted by Gasteiger charge is -2.23. The molecular formula is C26H33N3O2. The molecule has 164 valence electrons. The van der Waals surface area contributed by atoms with Crippen LogP contribution in [0.4, 0.5) is 0 Å². The summed E-state index contributed by atoms with van der Waals surface area (Å²) in [5.74, 6) is 0.249. The Morgan fingerprint density at radius 3 is 2.39 bits per heavy atom. The third kappa shape index (κ3) is 8.12. The van der Waals surface area contributed by atoms with Gasteiger partial charge in [-0.05, 0) is 49.6 Å². The van der Waals surface area contributed by atoms with Crippen LogP contribution in [0.5, 0.6) is 0 Å². The van der Waals surface area contributed by atoms with Crippen LogP contribution in [-0.4, -0.2) is 49.3 Å². The van der Waals surface area contributed by atoms with Gasteiger partial charge in [0.1, 0.15) is 5.78 Å². The number of ketones is 1. The van der Waals surface area contributed by atoms with Gasteiger partial charge in [-0.1, -0.05) is 60.7 Å². The fourth-order valence-corrected chi connectivity index (χ4v) is 3.79. The number of nitrogens with one attached hydrogen (secondary N) is 2. The molecule has 2 N–H and O–H groups in total. The topological polar surface area (TPSA) is 61.4 Å². The molecule has 5 heteroatoms. The Hall–Kier alpha value is -2.76. The summed E-state index contributed by atoms with van der Waals surface area (Å²) in [7, 11) is 0. The largest absolute Gasteiger partial charge is 0.339 e. The fourth-order valence-electron chi connectivity index (χ4n) is 3.79. The van der Waals surface area contributed by atoms with Crippen molar-refractivity contribution in [2.75, 3.05) is 32.7 Å². The first kappa shape index (κ1) is 22.9. The van der Waals surface area contributed by atoms with Crippen LogP contribution in [-0.2, 0) is 9.59 Å². The number of nitrogens with zero attached hydrogens (tertiary/aromatic N) is 1. The van der Waals surface area contributed by atoms with Crippen LogP contribution in [0.25, 0.3) is 6.08 Å². The summed E-state index contributed by atoms with van der Waals surface area (Å²) in [5.41, 5.74) is 2.17. The lowest BCUT2D eigenvalue weighted by Crippen LogP contribution is -2.35. The van der Waals surface area contributed by atoms with E-state index in [-0.39, 0.29) is 17.7 Å². The standard InChI is InChI=1S/C26H33N3O2/c30-24-20-25(23-12-5-2-6-13-23)28-17-7-8-18-29(19-9-16-27-21-24)26(31)15-14-22-10-3-1-4-11-22/h1-6,10-15,25,27-28H,7-9,16-21H2/b15-14-/t25-/m0/s1. The Bertz CT molecular complexity index is 836. The van der Waals surface area contributed by atoms with Crippen LogP contribution >= 0.6 is 0 Å². The molecule has 3 rings (SSSR count). The maximum atomic E-state index is 12.7. The van der Waals surface area contributed by atoms with Gasteiger partial charge in [0, 0.05) is 31.6 Å². The Morgan fingerprint density at radius 1 is 0.903 bits per heavy atom. The number of amides is 1. The quantitative estimate of drug-likeness (QED) is 0.747. The van der Waals surface area contributed by atoms with Crippen molar-refractivity contribution in [3.05, 3.63) is 77.9 Å². The van der Waals surface area contributed by atoms with E-state index in [1.165, 1.54) is 0 Å². The molecule has 0 bridgehead atoms. The summed E-state index contributed by atoms with van der Waals surface area (Å²) in [6.45, 7) is 3.35. The van der Waals surface area contributed by atoms with Gasteiger partial charge in [-0.15, -0.1) is 0 Å². The van der Waals surface area contributed by atoms with Crippen LogP contribution in [0.15, 0.2) is 66.7 Å². The lowest BCUT2D eigenvalue weighted by atomic mass is 10.0. The van der Waals surface area contributed by atoms with E-state index in [2.05, 4.69) is 22.8 Å². The minimum atomic E-state index is 0.0324. The van der Waals surface area contributed by atoms with Gasteiger partial charge in [0.05, 0.1) is 6.54 Å². The van der Waals surface area contributed by atoms with E-state index in [9.17, 15) is 9.59 Å². The number of carbonyl (C=O) groups is 2. The molecule has 2 aromatic carbocycles. The molecule has 2 aromatic rings. The van der Waals surface area contributed by atoms with E-state index in [1.54, 1.807) is 6.08 Å². The second-order valence-corrected chi connectivity index (χ2v) is 7.97. The van der Waals surface area contributed by atoms with Gasteiger partial charge in [0.15, 0.2) is 0 Å². The van der Waals surface area contributed by atoms with Crippen LogP contribution in [0.1, 0.15) is 42.9 Å². The van der Waals surface area contributed by atoms with Crippen LogP contribution in [0, 0.1) is 0 Å². The number of hydrogen-bond donors (Lipinski definition) is 2. The van der Waals surface area contributed by atoms with Crippen LogP contribution < -0.4 is 10.6 Å². The molecule has 0 spiro atoms. The zero-order valence-electron chi connectivity index (χ0n) is 18.1. The summed E-state index contributed by atoms with van der Waals surface area (Å²) in [5, 5.41) is 6.79. The van der Waals surface area contributed by atoms with Gasteiger partial charge in [-0.2, -0.15) is 0 Å². The summed E-state index contributed by atoms with van der Waals surface area (Å²) in [6, 6.07) is 20.1. The molecule has 0 radical (unpaired) electrons. The molecule has 1 atom stereocenters. The second kappa shape index (κ2) is 12.8. The van der Waals surface area contributed by atoms with Crippen molar-refractivity contribution >= 4 is 17.8 Å². The molecule has 1 saturated heterocycles. The molecular weight excluding hydrogens is 386 g/mol. The first-order chi connectivity index (χ1) is 15.2.